The highest BCUT2D eigenvalue weighted by Crippen LogP contribution is 2.27. The van der Waals surface area contributed by atoms with Crippen LogP contribution < -0.4 is 11.3 Å². The number of nitrogens with zero attached hydrogens (tertiary/aromatic N) is 5. The van der Waals surface area contributed by atoms with Crippen molar-refractivity contribution in [3.8, 4) is 11.8 Å². The standard InChI is InChI=1S/C16H14N6O2S/c1-2-25-16-20-22-14(21(16)10-6-4-3-5-7-10)11(8-17)13(18)12(9-19-24)15(22)23/h3-7,9,24H,2,18H2,1H3/b19-9+. The normalized spacial score (nSPS) is 11.2. The second kappa shape index (κ2) is 6.70. The zero-order chi connectivity index (χ0) is 18.0. The Labute approximate surface area is 146 Å². The molecule has 2 aromatic heterocycles. The van der Waals surface area contributed by atoms with Crippen LogP contribution in [0.2, 0.25) is 0 Å². The maximum Gasteiger partial charge on any atom is 0.284 e. The second-order valence-corrected chi connectivity index (χ2v) is 6.22. The Balaban J connectivity index is 2.53. The van der Waals surface area contributed by atoms with E-state index < -0.39 is 5.56 Å². The molecule has 0 unspecified atom stereocenters. The molecule has 0 aliphatic carbocycles. The van der Waals surface area contributed by atoms with Gasteiger partial charge in [0.1, 0.15) is 11.6 Å². The van der Waals surface area contributed by atoms with Gasteiger partial charge in [-0.2, -0.15) is 9.78 Å². The van der Waals surface area contributed by atoms with Crippen LogP contribution in [0.4, 0.5) is 5.69 Å². The van der Waals surface area contributed by atoms with E-state index in [2.05, 4.69) is 10.3 Å². The smallest absolute Gasteiger partial charge is 0.284 e. The Bertz CT molecular complexity index is 1060. The fourth-order valence-corrected chi connectivity index (χ4v) is 3.25. The SMILES string of the molecule is CCSc1nn2c(=O)c(/C=N/O)c(N)c(C#N)c2n1-c1ccccc1. The number of anilines is 1. The van der Waals surface area contributed by atoms with Crippen molar-refractivity contribution in [3.05, 3.63) is 51.8 Å². The Morgan fingerprint density at radius 2 is 2.16 bits per heavy atom. The molecule has 0 saturated heterocycles. The van der Waals surface area contributed by atoms with Gasteiger partial charge < -0.3 is 10.9 Å². The predicted molar refractivity (Wildman–Crippen MR) is 95.7 cm³/mol. The summed E-state index contributed by atoms with van der Waals surface area (Å²) in [4.78, 5) is 12.7. The lowest BCUT2D eigenvalue weighted by atomic mass is 10.1. The van der Waals surface area contributed by atoms with Gasteiger partial charge in [0.15, 0.2) is 10.8 Å². The van der Waals surface area contributed by atoms with Crippen LogP contribution in [0.25, 0.3) is 11.3 Å². The molecule has 0 aliphatic rings. The van der Waals surface area contributed by atoms with E-state index in [1.165, 1.54) is 11.8 Å². The summed E-state index contributed by atoms with van der Waals surface area (Å²) in [6.07, 6.45) is 0.916. The maximum atomic E-state index is 12.7. The lowest BCUT2D eigenvalue weighted by Gasteiger charge is -2.09. The van der Waals surface area contributed by atoms with Crippen molar-refractivity contribution in [1.29, 1.82) is 5.26 Å². The Hall–Kier alpha value is -3.25. The molecule has 0 aliphatic heterocycles. The van der Waals surface area contributed by atoms with Gasteiger partial charge in [0.25, 0.3) is 5.56 Å². The molecule has 0 amide bonds. The molecule has 3 aromatic rings. The van der Waals surface area contributed by atoms with Crippen LogP contribution in [0.15, 0.2) is 45.4 Å². The van der Waals surface area contributed by atoms with Gasteiger partial charge in [-0.05, 0) is 17.9 Å². The molecule has 25 heavy (non-hydrogen) atoms. The predicted octanol–water partition coefficient (Wildman–Crippen LogP) is 1.86. The largest absolute Gasteiger partial charge is 0.411 e. The first-order valence-electron chi connectivity index (χ1n) is 7.37. The third kappa shape index (κ3) is 2.62. The molecule has 0 bridgehead atoms. The van der Waals surface area contributed by atoms with E-state index >= 15 is 0 Å². The third-order valence-electron chi connectivity index (χ3n) is 3.58. The zero-order valence-corrected chi connectivity index (χ0v) is 14.1. The zero-order valence-electron chi connectivity index (χ0n) is 13.2. The van der Waals surface area contributed by atoms with Gasteiger partial charge in [0.05, 0.1) is 17.5 Å². The molecule has 0 atom stereocenters. The molecule has 2 heterocycles. The number of para-hydroxylation sites is 1. The van der Waals surface area contributed by atoms with Crippen molar-refractivity contribution < 1.29 is 5.21 Å². The van der Waals surface area contributed by atoms with Gasteiger partial charge in [-0.15, -0.1) is 5.10 Å². The van der Waals surface area contributed by atoms with Gasteiger partial charge in [-0.25, -0.2) is 0 Å². The number of nitriles is 1. The first kappa shape index (κ1) is 16.6. The molecule has 3 N–H and O–H groups in total. The minimum atomic E-state index is -0.558. The Morgan fingerprint density at radius 3 is 2.76 bits per heavy atom. The van der Waals surface area contributed by atoms with Crippen LogP contribution in [0.1, 0.15) is 18.1 Å². The van der Waals surface area contributed by atoms with Crippen LogP contribution in [0.3, 0.4) is 0 Å². The first-order chi connectivity index (χ1) is 12.1. The van der Waals surface area contributed by atoms with Crippen molar-refractivity contribution in [2.24, 2.45) is 5.16 Å². The fraction of sp³-hybridized carbons (Fsp3) is 0.125. The number of hydrogen-bond acceptors (Lipinski definition) is 7. The highest BCUT2D eigenvalue weighted by atomic mass is 32.2. The number of oxime groups is 1. The minimum Gasteiger partial charge on any atom is -0.411 e. The number of aromatic nitrogens is 3. The summed E-state index contributed by atoms with van der Waals surface area (Å²) in [5.41, 5.74) is 6.43. The summed E-state index contributed by atoms with van der Waals surface area (Å²) in [5, 5.41) is 26.2. The molecule has 0 radical (unpaired) electrons. The Kier molecular flexibility index (Phi) is 4.45. The van der Waals surface area contributed by atoms with E-state index in [1.807, 2.05) is 43.3 Å². The number of rotatable bonds is 4. The highest BCUT2D eigenvalue weighted by Gasteiger charge is 2.23. The summed E-state index contributed by atoms with van der Waals surface area (Å²) in [5.74, 6) is 0.729. The molecule has 0 spiro atoms. The molecule has 126 valence electrons. The second-order valence-electron chi connectivity index (χ2n) is 4.99. The van der Waals surface area contributed by atoms with E-state index in [9.17, 15) is 10.1 Å². The summed E-state index contributed by atoms with van der Waals surface area (Å²) < 4.78 is 2.85. The van der Waals surface area contributed by atoms with Gasteiger partial charge in [0.2, 0.25) is 0 Å². The van der Waals surface area contributed by atoms with Crippen LogP contribution in [0.5, 0.6) is 0 Å². The monoisotopic (exact) mass is 354 g/mol. The molecular formula is C16H14N6O2S. The van der Waals surface area contributed by atoms with Crippen molar-refractivity contribution in [2.45, 2.75) is 12.1 Å². The summed E-state index contributed by atoms with van der Waals surface area (Å²) in [6, 6.07) is 11.3. The van der Waals surface area contributed by atoms with E-state index in [1.54, 1.807) is 4.57 Å². The van der Waals surface area contributed by atoms with Crippen molar-refractivity contribution in [2.75, 3.05) is 11.5 Å². The number of benzene rings is 1. The van der Waals surface area contributed by atoms with E-state index in [-0.39, 0.29) is 22.5 Å². The molecule has 1 aromatic carbocycles. The average Bonchev–Trinajstić information content (AvgIpc) is 2.99. The third-order valence-corrected chi connectivity index (χ3v) is 4.39. The number of hydrogen-bond donors (Lipinski definition) is 2. The van der Waals surface area contributed by atoms with Gasteiger partial charge in [0, 0.05) is 5.69 Å². The Morgan fingerprint density at radius 1 is 1.44 bits per heavy atom. The highest BCUT2D eigenvalue weighted by molar-refractivity contribution is 7.99. The number of fused-ring (bicyclic) bond motifs is 1. The molecular weight excluding hydrogens is 340 g/mol. The molecule has 0 fully saturated rings. The van der Waals surface area contributed by atoms with Crippen LogP contribution >= 0.6 is 11.8 Å². The van der Waals surface area contributed by atoms with E-state index in [4.69, 9.17) is 10.9 Å². The van der Waals surface area contributed by atoms with Crippen molar-refractivity contribution in [3.63, 3.8) is 0 Å². The average molecular weight is 354 g/mol. The lowest BCUT2D eigenvalue weighted by molar-refractivity contribution is 0.322. The van der Waals surface area contributed by atoms with Crippen molar-refractivity contribution in [1.82, 2.24) is 14.2 Å². The maximum absolute atomic E-state index is 12.7. The van der Waals surface area contributed by atoms with Crippen molar-refractivity contribution >= 4 is 29.3 Å². The number of thioether (sulfide) groups is 1. The summed E-state index contributed by atoms with van der Waals surface area (Å²) >= 11 is 1.43. The number of pyridine rings is 1. The molecule has 0 saturated carbocycles. The topological polar surface area (TPSA) is 122 Å². The van der Waals surface area contributed by atoms with E-state index in [0.717, 1.165) is 22.2 Å². The molecule has 9 heteroatoms. The van der Waals surface area contributed by atoms with Gasteiger partial charge >= 0.3 is 0 Å². The van der Waals surface area contributed by atoms with Crippen LogP contribution in [-0.2, 0) is 0 Å². The summed E-state index contributed by atoms with van der Waals surface area (Å²) in [6.45, 7) is 1.96. The minimum absolute atomic E-state index is 0.0459. The summed E-state index contributed by atoms with van der Waals surface area (Å²) in [7, 11) is 0. The molecule has 3 rings (SSSR count). The quantitative estimate of drug-likeness (QED) is 0.319. The van der Waals surface area contributed by atoms with Crippen LogP contribution in [0, 0.1) is 11.3 Å². The first-order valence-corrected chi connectivity index (χ1v) is 8.35. The number of nitrogen functional groups attached to an aromatic ring is 1. The van der Waals surface area contributed by atoms with Gasteiger partial charge in [-0.3, -0.25) is 9.36 Å². The fourth-order valence-electron chi connectivity index (χ4n) is 2.53. The molecule has 8 nitrogen and oxygen atoms in total. The number of nitrogens with two attached hydrogens (primary N) is 1. The van der Waals surface area contributed by atoms with Crippen LogP contribution in [-0.4, -0.2) is 31.4 Å². The van der Waals surface area contributed by atoms with E-state index in [0.29, 0.717) is 5.16 Å². The lowest BCUT2D eigenvalue weighted by Crippen LogP contribution is -2.22. The van der Waals surface area contributed by atoms with Gasteiger partial charge in [-0.1, -0.05) is 42.0 Å².